The van der Waals surface area contributed by atoms with Gasteiger partial charge in [0, 0.05) is 10.5 Å². The lowest BCUT2D eigenvalue weighted by atomic mass is 10.1. The molecule has 1 aromatic carbocycles. The lowest BCUT2D eigenvalue weighted by Gasteiger charge is -2.16. The number of hydrogen-bond donors (Lipinski definition) is 1. The summed E-state index contributed by atoms with van der Waals surface area (Å²) >= 11 is 3.38. The second-order valence-corrected chi connectivity index (χ2v) is 4.51. The minimum absolute atomic E-state index is 0.215. The summed E-state index contributed by atoms with van der Waals surface area (Å²) in [5.74, 6) is 0. The van der Waals surface area contributed by atoms with Gasteiger partial charge in [-0.25, -0.2) is 0 Å². The minimum Gasteiger partial charge on any atom is -0.296 e. The van der Waals surface area contributed by atoms with Gasteiger partial charge in [-0.05, 0) is 31.0 Å². The summed E-state index contributed by atoms with van der Waals surface area (Å²) in [6.45, 7) is 4.19. The van der Waals surface area contributed by atoms with Crippen molar-refractivity contribution in [2.75, 3.05) is 0 Å². The summed E-state index contributed by atoms with van der Waals surface area (Å²) in [5, 5.41) is 12.3. The Morgan fingerprint density at radius 2 is 2.00 bits per heavy atom. The van der Waals surface area contributed by atoms with Gasteiger partial charge in [0.25, 0.3) is 0 Å². The molecule has 0 aliphatic carbocycles. The molecule has 0 radical (unpaired) electrons. The van der Waals surface area contributed by atoms with Gasteiger partial charge in [-0.15, -0.1) is 0 Å². The molecule has 0 saturated heterocycles. The first-order chi connectivity index (χ1) is 7.17. The van der Waals surface area contributed by atoms with Crippen LogP contribution in [0.25, 0.3) is 0 Å². The van der Waals surface area contributed by atoms with Crippen molar-refractivity contribution in [3.05, 3.63) is 34.3 Å². The molecule has 0 aromatic heterocycles. The summed E-state index contributed by atoms with van der Waals surface area (Å²) in [4.78, 5) is 0. The van der Waals surface area contributed by atoms with Gasteiger partial charge in [0.1, 0.15) is 6.04 Å². The van der Waals surface area contributed by atoms with Crippen LogP contribution < -0.4 is 5.32 Å². The van der Waals surface area contributed by atoms with Crippen LogP contribution in [0.4, 0.5) is 0 Å². The predicted molar refractivity (Wildman–Crippen MR) is 65.4 cm³/mol. The highest BCUT2D eigenvalue weighted by Gasteiger charge is 2.11. The fraction of sp³-hybridized carbons (Fsp3) is 0.417. The second-order valence-electron chi connectivity index (χ2n) is 3.59. The molecule has 15 heavy (non-hydrogen) atoms. The van der Waals surface area contributed by atoms with Crippen LogP contribution >= 0.6 is 15.9 Å². The van der Waals surface area contributed by atoms with Crippen LogP contribution in [-0.4, -0.2) is 6.04 Å². The van der Waals surface area contributed by atoms with Crippen LogP contribution in [0.15, 0.2) is 28.7 Å². The van der Waals surface area contributed by atoms with Crippen molar-refractivity contribution in [1.82, 2.24) is 5.32 Å². The summed E-state index contributed by atoms with van der Waals surface area (Å²) < 4.78 is 1.03. The first-order valence-corrected chi connectivity index (χ1v) is 5.87. The van der Waals surface area contributed by atoms with Crippen molar-refractivity contribution in [3.63, 3.8) is 0 Å². The maximum Gasteiger partial charge on any atom is 0.121 e. The molecule has 1 rings (SSSR count). The maximum atomic E-state index is 9.07. The van der Waals surface area contributed by atoms with Crippen LogP contribution in [0.1, 0.15) is 31.9 Å². The van der Waals surface area contributed by atoms with Crippen molar-refractivity contribution in [2.45, 2.75) is 32.4 Å². The summed E-state index contributed by atoms with van der Waals surface area (Å²) in [5.41, 5.74) is 1.01. The van der Waals surface area contributed by atoms with Crippen LogP contribution in [0, 0.1) is 11.3 Å². The van der Waals surface area contributed by atoms with Crippen LogP contribution in [0.2, 0.25) is 0 Å². The zero-order chi connectivity index (χ0) is 11.3. The smallest absolute Gasteiger partial charge is 0.121 e. The number of nitriles is 1. The van der Waals surface area contributed by atoms with E-state index in [0.717, 1.165) is 16.5 Å². The molecule has 2 unspecified atom stereocenters. The largest absolute Gasteiger partial charge is 0.296 e. The summed E-state index contributed by atoms with van der Waals surface area (Å²) in [6, 6.07) is 10.3. The molecular weight excluding hydrogens is 252 g/mol. The van der Waals surface area contributed by atoms with E-state index in [-0.39, 0.29) is 6.04 Å². The van der Waals surface area contributed by atoms with Crippen molar-refractivity contribution >= 4 is 15.9 Å². The van der Waals surface area contributed by atoms with Crippen LogP contribution in [0.5, 0.6) is 0 Å². The van der Waals surface area contributed by atoms with Gasteiger partial charge in [-0.3, -0.25) is 5.32 Å². The lowest BCUT2D eigenvalue weighted by Crippen LogP contribution is -2.29. The van der Waals surface area contributed by atoms with Gasteiger partial charge >= 0.3 is 0 Å². The van der Waals surface area contributed by atoms with E-state index in [1.54, 1.807) is 0 Å². The van der Waals surface area contributed by atoms with Crippen molar-refractivity contribution in [1.29, 1.82) is 5.26 Å². The van der Waals surface area contributed by atoms with Crippen molar-refractivity contribution < 1.29 is 0 Å². The van der Waals surface area contributed by atoms with Gasteiger partial charge in [0.2, 0.25) is 0 Å². The highest BCUT2D eigenvalue weighted by atomic mass is 79.9. The lowest BCUT2D eigenvalue weighted by molar-refractivity contribution is 0.501. The minimum atomic E-state index is -0.215. The first-order valence-electron chi connectivity index (χ1n) is 5.08. The molecule has 0 aliphatic heterocycles. The fourth-order valence-corrected chi connectivity index (χ4v) is 1.53. The normalized spacial score (nSPS) is 14.3. The number of benzene rings is 1. The quantitative estimate of drug-likeness (QED) is 0.907. The molecule has 0 aliphatic rings. The average Bonchev–Trinajstić information content (AvgIpc) is 2.27. The third kappa shape index (κ3) is 3.65. The summed E-state index contributed by atoms with van der Waals surface area (Å²) in [7, 11) is 0. The Hall–Kier alpha value is -0.850. The van der Waals surface area contributed by atoms with Gasteiger partial charge in [0.05, 0.1) is 6.07 Å². The van der Waals surface area contributed by atoms with E-state index in [0.29, 0.717) is 6.04 Å². The van der Waals surface area contributed by atoms with E-state index in [1.165, 1.54) is 0 Å². The Balaban J connectivity index is 2.75. The Bertz CT molecular complexity index is 340. The van der Waals surface area contributed by atoms with Crippen LogP contribution in [-0.2, 0) is 0 Å². The standard InChI is InChI=1S/C12H15BrN2/c1-3-9(2)15-12(8-14)10-4-6-11(13)7-5-10/h4-7,9,12,15H,3H2,1-2H3. The molecule has 3 heteroatoms. The fourth-order valence-electron chi connectivity index (χ4n) is 1.27. The number of nitrogens with one attached hydrogen (secondary N) is 1. The summed E-state index contributed by atoms with van der Waals surface area (Å²) in [6.07, 6.45) is 1.02. The second kappa shape index (κ2) is 5.89. The molecular formula is C12H15BrN2. The molecule has 0 amide bonds. The highest BCUT2D eigenvalue weighted by Crippen LogP contribution is 2.17. The van der Waals surface area contributed by atoms with E-state index >= 15 is 0 Å². The first kappa shape index (κ1) is 12.2. The topological polar surface area (TPSA) is 35.8 Å². The van der Waals surface area contributed by atoms with E-state index in [1.807, 2.05) is 24.3 Å². The molecule has 0 fully saturated rings. The van der Waals surface area contributed by atoms with Gasteiger partial charge in [-0.1, -0.05) is 35.0 Å². The van der Waals surface area contributed by atoms with Gasteiger partial charge < -0.3 is 0 Å². The molecule has 1 aromatic rings. The molecule has 0 bridgehead atoms. The van der Waals surface area contributed by atoms with Crippen molar-refractivity contribution in [3.8, 4) is 6.07 Å². The SMILES string of the molecule is CCC(C)NC(C#N)c1ccc(Br)cc1. The highest BCUT2D eigenvalue weighted by molar-refractivity contribution is 9.10. The number of hydrogen-bond acceptors (Lipinski definition) is 2. The number of rotatable bonds is 4. The average molecular weight is 267 g/mol. The Morgan fingerprint density at radius 3 is 2.47 bits per heavy atom. The third-order valence-corrected chi connectivity index (χ3v) is 2.92. The van der Waals surface area contributed by atoms with Gasteiger partial charge in [-0.2, -0.15) is 5.26 Å². The van der Waals surface area contributed by atoms with E-state index in [2.05, 4.69) is 41.2 Å². The molecule has 0 saturated carbocycles. The molecule has 80 valence electrons. The van der Waals surface area contributed by atoms with E-state index < -0.39 is 0 Å². The van der Waals surface area contributed by atoms with Gasteiger partial charge in [0.15, 0.2) is 0 Å². The zero-order valence-electron chi connectivity index (χ0n) is 9.00. The Kier molecular flexibility index (Phi) is 4.80. The van der Waals surface area contributed by atoms with E-state index in [9.17, 15) is 0 Å². The number of nitrogens with zero attached hydrogens (tertiary/aromatic N) is 1. The Morgan fingerprint density at radius 1 is 1.40 bits per heavy atom. The number of halogens is 1. The Labute approximate surface area is 99.4 Å². The maximum absolute atomic E-state index is 9.07. The molecule has 0 spiro atoms. The van der Waals surface area contributed by atoms with Crippen LogP contribution in [0.3, 0.4) is 0 Å². The molecule has 2 atom stereocenters. The van der Waals surface area contributed by atoms with E-state index in [4.69, 9.17) is 5.26 Å². The zero-order valence-corrected chi connectivity index (χ0v) is 10.6. The monoisotopic (exact) mass is 266 g/mol. The predicted octanol–water partition coefficient (Wildman–Crippen LogP) is 3.40. The molecule has 1 N–H and O–H groups in total. The molecule has 2 nitrogen and oxygen atoms in total. The van der Waals surface area contributed by atoms with Crippen molar-refractivity contribution in [2.24, 2.45) is 0 Å². The third-order valence-electron chi connectivity index (χ3n) is 2.40. The molecule has 0 heterocycles.